The third kappa shape index (κ3) is 4.22. The molecule has 3 N–H and O–H groups in total. The zero-order valence-corrected chi connectivity index (χ0v) is 12.1. The summed E-state index contributed by atoms with van der Waals surface area (Å²) in [6.45, 7) is 3.44. The van der Waals surface area contributed by atoms with E-state index in [-0.39, 0.29) is 0 Å². The lowest BCUT2D eigenvalue weighted by atomic mass is 9.94. The van der Waals surface area contributed by atoms with Crippen molar-refractivity contribution in [3.63, 3.8) is 0 Å². The van der Waals surface area contributed by atoms with Gasteiger partial charge in [-0.05, 0) is 56.4 Å². The van der Waals surface area contributed by atoms with Crippen molar-refractivity contribution in [1.29, 1.82) is 5.26 Å². The number of aryl methyl sites for hydroxylation is 1. The van der Waals surface area contributed by atoms with Crippen LogP contribution in [0, 0.1) is 18.3 Å². The molecule has 0 radical (unpaired) electrons. The fourth-order valence-electron chi connectivity index (χ4n) is 2.58. The fourth-order valence-corrected chi connectivity index (χ4v) is 2.58. The van der Waals surface area contributed by atoms with Gasteiger partial charge in [-0.15, -0.1) is 0 Å². The molecule has 1 aliphatic rings. The predicted molar refractivity (Wildman–Crippen MR) is 80.6 cm³/mol. The molecule has 1 saturated carbocycles. The molecule has 0 atom stereocenters. The van der Waals surface area contributed by atoms with Gasteiger partial charge >= 0.3 is 0 Å². The van der Waals surface area contributed by atoms with Crippen molar-refractivity contribution >= 4 is 5.69 Å². The SMILES string of the molecule is Cc1cc(NCCOC2CCC(N)CC2)ccc1C#N. The summed E-state index contributed by atoms with van der Waals surface area (Å²) in [6.07, 6.45) is 4.69. The first-order valence-electron chi connectivity index (χ1n) is 7.31. The smallest absolute Gasteiger partial charge is 0.0994 e. The van der Waals surface area contributed by atoms with Gasteiger partial charge in [-0.3, -0.25) is 0 Å². The molecule has 0 aliphatic heterocycles. The van der Waals surface area contributed by atoms with E-state index < -0.39 is 0 Å². The highest BCUT2D eigenvalue weighted by molar-refractivity contribution is 5.51. The van der Waals surface area contributed by atoms with Crippen molar-refractivity contribution < 1.29 is 4.74 Å². The molecule has 0 unspecified atom stereocenters. The van der Waals surface area contributed by atoms with E-state index in [2.05, 4.69) is 11.4 Å². The van der Waals surface area contributed by atoms with Gasteiger partial charge in [-0.2, -0.15) is 5.26 Å². The molecule has 0 spiro atoms. The molecular weight excluding hydrogens is 250 g/mol. The quantitative estimate of drug-likeness (QED) is 0.809. The predicted octanol–water partition coefficient (Wildman–Crippen LogP) is 2.57. The van der Waals surface area contributed by atoms with Crippen molar-refractivity contribution in [2.24, 2.45) is 5.73 Å². The first-order valence-corrected chi connectivity index (χ1v) is 7.31. The minimum absolute atomic E-state index is 0.370. The van der Waals surface area contributed by atoms with Crippen LogP contribution in [0.4, 0.5) is 5.69 Å². The monoisotopic (exact) mass is 273 g/mol. The number of nitrogens with two attached hydrogens (primary N) is 1. The lowest BCUT2D eigenvalue weighted by molar-refractivity contribution is 0.0313. The molecule has 0 bridgehead atoms. The van der Waals surface area contributed by atoms with Gasteiger partial charge in [0.1, 0.15) is 0 Å². The second-order valence-corrected chi connectivity index (χ2v) is 5.48. The Kier molecular flexibility index (Phi) is 5.40. The normalized spacial score (nSPS) is 22.2. The van der Waals surface area contributed by atoms with Crippen LogP contribution >= 0.6 is 0 Å². The molecular formula is C16H23N3O. The van der Waals surface area contributed by atoms with Crippen LogP contribution in [0.25, 0.3) is 0 Å². The zero-order chi connectivity index (χ0) is 14.4. The molecule has 0 heterocycles. The average Bonchev–Trinajstić information content (AvgIpc) is 2.46. The molecule has 0 amide bonds. The summed E-state index contributed by atoms with van der Waals surface area (Å²) in [5.74, 6) is 0. The molecule has 1 aliphatic carbocycles. The van der Waals surface area contributed by atoms with Crippen molar-refractivity contribution in [1.82, 2.24) is 0 Å². The highest BCUT2D eigenvalue weighted by Crippen LogP contribution is 2.19. The molecule has 1 aromatic rings. The van der Waals surface area contributed by atoms with E-state index in [9.17, 15) is 0 Å². The van der Waals surface area contributed by atoms with Gasteiger partial charge in [0.15, 0.2) is 0 Å². The number of benzene rings is 1. The van der Waals surface area contributed by atoms with E-state index in [1.54, 1.807) is 0 Å². The standard InChI is InChI=1S/C16H23N3O/c1-12-10-15(5-2-13(12)11-17)19-8-9-20-16-6-3-14(18)4-7-16/h2,5,10,14,16,19H,3-4,6-9,18H2,1H3. The van der Waals surface area contributed by atoms with Gasteiger partial charge in [0, 0.05) is 18.3 Å². The molecule has 108 valence electrons. The summed E-state index contributed by atoms with van der Waals surface area (Å²) in [4.78, 5) is 0. The van der Waals surface area contributed by atoms with Crippen LogP contribution in [0.15, 0.2) is 18.2 Å². The highest BCUT2D eigenvalue weighted by Gasteiger charge is 2.18. The van der Waals surface area contributed by atoms with E-state index in [4.69, 9.17) is 15.7 Å². The summed E-state index contributed by atoms with van der Waals surface area (Å²) in [5, 5.41) is 12.2. The maximum Gasteiger partial charge on any atom is 0.0994 e. The van der Waals surface area contributed by atoms with E-state index in [0.29, 0.717) is 18.8 Å². The van der Waals surface area contributed by atoms with Crippen LogP contribution in [-0.4, -0.2) is 25.3 Å². The average molecular weight is 273 g/mol. The number of ether oxygens (including phenoxy) is 1. The minimum atomic E-state index is 0.370. The molecule has 0 saturated heterocycles. The third-order valence-corrected chi connectivity index (χ3v) is 3.85. The Morgan fingerprint density at radius 2 is 2.10 bits per heavy atom. The van der Waals surface area contributed by atoms with Crippen molar-refractivity contribution in [2.45, 2.75) is 44.8 Å². The second-order valence-electron chi connectivity index (χ2n) is 5.48. The van der Waals surface area contributed by atoms with Crippen LogP contribution in [-0.2, 0) is 4.74 Å². The molecule has 0 aromatic heterocycles. The molecule has 20 heavy (non-hydrogen) atoms. The summed E-state index contributed by atoms with van der Waals surface area (Å²) in [6, 6.07) is 8.33. The lowest BCUT2D eigenvalue weighted by Crippen LogP contribution is -2.31. The molecule has 1 aromatic carbocycles. The van der Waals surface area contributed by atoms with Gasteiger partial charge in [0.05, 0.1) is 24.3 Å². The van der Waals surface area contributed by atoms with E-state index >= 15 is 0 Å². The van der Waals surface area contributed by atoms with Crippen molar-refractivity contribution in [2.75, 3.05) is 18.5 Å². The number of hydrogen-bond acceptors (Lipinski definition) is 4. The minimum Gasteiger partial charge on any atom is -0.383 e. The Hall–Kier alpha value is -1.57. The van der Waals surface area contributed by atoms with Crippen LogP contribution < -0.4 is 11.1 Å². The highest BCUT2D eigenvalue weighted by atomic mass is 16.5. The molecule has 1 fully saturated rings. The Labute approximate surface area is 120 Å². The van der Waals surface area contributed by atoms with Gasteiger partial charge in [-0.25, -0.2) is 0 Å². The Bertz CT molecular complexity index is 473. The van der Waals surface area contributed by atoms with Crippen LogP contribution in [0.1, 0.15) is 36.8 Å². The number of nitrogens with zero attached hydrogens (tertiary/aromatic N) is 1. The number of nitriles is 1. The number of anilines is 1. The summed E-state index contributed by atoms with van der Waals surface area (Å²) < 4.78 is 5.86. The Balaban J connectivity index is 1.68. The van der Waals surface area contributed by atoms with Gasteiger partial charge in [0.25, 0.3) is 0 Å². The third-order valence-electron chi connectivity index (χ3n) is 3.85. The summed E-state index contributed by atoms with van der Waals surface area (Å²) >= 11 is 0. The fraction of sp³-hybridized carbons (Fsp3) is 0.562. The largest absolute Gasteiger partial charge is 0.383 e. The van der Waals surface area contributed by atoms with E-state index in [0.717, 1.165) is 49.0 Å². The summed E-state index contributed by atoms with van der Waals surface area (Å²) in [5.41, 5.74) is 8.64. The molecule has 4 nitrogen and oxygen atoms in total. The first-order chi connectivity index (χ1) is 9.69. The maximum absolute atomic E-state index is 8.89. The first kappa shape index (κ1) is 14.8. The van der Waals surface area contributed by atoms with Crippen molar-refractivity contribution in [3.05, 3.63) is 29.3 Å². The van der Waals surface area contributed by atoms with Crippen LogP contribution in [0.2, 0.25) is 0 Å². The Morgan fingerprint density at radius 3 is 2.75 bits per heavy atom. The van der Waals surface area contributed by atoms with E-state index in [1.165, 1.54) is 0 Å². The Morgan fingerprint density at radius 1 is 1.35 bits per heavy atom. The van der Waals surface area contributed by atoms with E-state index in [1.807, 2.05) is 25.1 Å². The number of rotatable bonds is 5. The maximum atomic E-state index is 8.89. The topological polar surface area (TPSA) is 71.1 Å². The van der Waals surface area contributed by atoms with Crippen molar-refractivity contribution in [3.8, 4) is 6.07 Å². The van der Waals surface area contributed by atoms with Gasteiger partial charge in [0.2, 0.25) is 0 Å². The lowest BCUT2D eigenvalue weighted by Gasteiger charge is -2.26. The number of nitrogens with one attached hydrogen (secondary N) is 1. The van der Waals surface area contributed by atoms with Gasteiger partial charge < -0.3 is 15.8 Å². The van der Waals surface area contributed by atoms with Crippen LogP contribution in [0.5, 0.6) is 0 Å². The van der Waals surface area contributed by atoms with Crippen LogP contribution in [0.3, 0.4) is 0 Å². The molecule has 2 rings (SSSR count). The second kappa shape index (κ2) is 7.28. The molecule has 4 heteroatoms. The van der Waals surface area contributed by atoms with Gasteiger partial charge in [-0.1, -0.05) is 0 Å². The zero-order valence-electron chi connectivity index (χ0n) is 12.1. The number of hydrogen-bond donors (Lipinski definition) is 2. The summed E-state index contributed by atoms with van der Waals surface area (Å²) in [7, 11) is 0.